The Hall–Kier alpha value is -1.10. The zero-order valence-corrected chi connectivity index (χ0v) is 12.1. The summed E-state index contributed by atoms with van der Waals surface area (Å²) >= 11 is 0. The maximum Gasteiger partial charge on any atom is 0.0637 e. The molecule has 0 saturated heterocycles. The second-order valence-corrected chi connectivity index (χ2v) is 4.55. The van der Waals surface area contributed by atoms with Crippen molar-refractivity contribution in [2.75, 3.05) is 44.9 Å². The molecule has 4 nitrogen and oxygen atoms in total. The summed E-state index contributed by atoms with van der Waals surface area (Å²) in [6, 6.07) is 8.48. The van der Waals surface area contributed by atoms with Crippen LogP contribution in [0.2, 0.25) is 0 Å². The van der Waals surface area contributed by atoms with Gasteiger partial charge in [0.1, 0.15) is 0 Å². The zero-order valence-electron chi connectivity index (χ0n) is 12.1. The minimum Gasteiger partial charge on any atom is -0.395 e. The number of nitrogens with zero attached hydrogens (tertiary/aromatic N) is 1. The summed E-state index contributed by atoms with van der Waals surface area (Å²) in [6.45, 7) is 6.38. The van der Waals surface area contributed by atoms with E-state index in [2.05, 4.69) is 41.4 Å². The summed E-state index contributed by atoms with van der Waals surface area (Å²) in [5.74, 6) is 0. The summed E-state index contributed by atoms with van der Waals surface area (Å²) < 4.78 is 5.10. The molecule has 0 aliphatic heterocycles. The number of nitrogens with one attached hydrogen (secondary N) is 1. The predicted octanol–water partition coefficient (Wildman–Crippen LogP) is 1.63. The number of aliphatic hydroxyl groups is 1. The van der Waals surface area contributed by atoms with Gasteiger partial charge in [0.05, 0.1) is 13.2 Å². The second-order valence-electron chi connectivity index (χ2n) is 4.55. The average molecular weight is 266 g/mol. The van der Waals surface area contributed by atoms with Gasteiger partial charge in [-0.2, -0.15) is 0 Å². The summed E-state index contributed by atoms with van der Waals surface area (Å²) in [5.41, 5.74) is 2.42. The molecule has 0 aliphatic carbocycles. The van der Waals surface area contributed by atoms with Crippen molar-refractivity contribution in [2.45, 2.75) is 19.9 Å². The molecule has 0 saturated carbocycles. The van der Waals surface area contributed by atoms with Gasteiger partial charge >= 0.3 is 0 Å². The lowest BCUT2D eigenvalue weighted by Crippen LogP contribution is -2.30. The van der Waals surface area contributed by atoms with Crippen molar-refractivity contribution >= 4 is 5.69 Å². The van der Waals surface area contributed by atoms with Crippen molar-refractivity contribution < 1.29 is 9.84 Å². The van der Waals surface area contributed by atoms with E-state index < -0.39 is 0 Å². The Morgan fingerprint density at radius 2 is 1.95 bits per heavy atom. The van der Waals surface area contributed by atoms with Crippen LogP contribution in [0.4, 0.5) is 5.69 Å². The van der Waals surface area contributed by atoms with Crippen molar-refractivity contribution in [1.82, 2.24) is 5.32 Å². The molecule has 1 rings (SSSR count). The molecule has 0 spiro atoms. The topological polar surface area (TPSA) is 44.7 Å². The minimum absolute atomic E-state index is 0.156. The normalized spacial score (nSPS) is 10.7. The highest BCUT2D eigenvalue weighted by molar-refractivity contribution is 5.47. The summed E-state index contributed by atoms with van der Waals surface area (Å²) in [5, 5.41) is 12.5. The van der Waals surface area contributed by atoms with Crippen molar-refractivity contribution in [3.63, 3.8) is 0 Å². The lowest BCUT2D eigenvalue weighted by molar-refractivity contribution is 0.203. The molecule has 0 unspecified atom stereocenters. The van der Waals surface area contributed by atoms with E-state index in [1.54, 1.807) is 7.11 Å². The largest absolute Gasteiger partial charge is 0.395 e. The fourth-order valence-corrected chi connectivity index (χ4v) is 1.93. The molecule has 4 heteroatoms. The molecular weight excluding hydrogens is 240 g/mol. The van der Waals surface area contributed by atoms with E-state index in [1.165, 1.54) is 5.56 Å². The van der Waals surface area contributed by atoms with Crippen LogP contribution in [0.1, 0.15) is 18.9 Å². The van der Waals surface area contributed by atoms with Gasteiger partial charge in [0.2, 0.25) is 0 Å². The Bertz CT molecular complexity index is 327. The highest BCUT2D eigenvalue weighted by Gasteiger charge is 2.05. The Kier molecular flexibility index (Phi) is 8.21. The average Bonchev–Trinajstić information content (AvgIpc) is 2.45. The molecule has 0 atom stereocenters. The lowest BCUT2D eigenvalue weighted by Gasteiger charge is -2.23. The van der Waals surface area contributed by atoms with Crippen molar-refractivity contribution in [1.29, 1.82) is 0 Å². The van der Waals surface area contributed by atoms with E-state index in [-0.39, 0.29) is 6.61 Å². The number of hydrogen-bond acceptors (Lipinski definition) is 4. The van der Waals surface area contributed by atoms with Crippen molar-refractivity contribution in [3.8, 4) is 0 Å². The molecule has 0 aromatic heterocycles. The summed E-state index contributed by atoms with van der Waals surface area (Å²) in [4.78, 5) is 2.13. The van der Waals surface area contributed by atoms with Gasteiger partial charge < -0.3 is 20.1 Å². The molecule has 0 radical (unpaired) electrons. The van der Waals surface area contributed by atoms with Gasteiger partial charge in [0.15, 0.2) is 0 Å². The number of anilines is 1. The Morgan fingerprint density at radius 1 is 1.21 bits per heavy atom. The number of hydrogen-bond donors (Lipinski definition) is 2. The van der Waals surface area contributed by atoms with E-state index in [9.17, 15) is 0 Å². The molecule has 0 aliphatic rings. The van der Waals surface area contributed by atoms with Crippen LogP contribution in [0.25, 0.3) is 0 Å². The smallest absolute Gasteiger partial charge is 0.0637 e. The van der Waals surface area contributed by atoms with E-state index >= 15 is 0 Å². The monoisotopic (exact) mass is 266 g/mol. The Morgan fingerprint density at radius 3 is 2.53 bits per heavy atom. The third-order valence-corrected chi connectivity index (χ3v) is 2.99. The van der Waals surface area contributed by atoms with Gasteiger partial charge in [-0.25, -0.2) is 0 Å². The molecule has 108 valence electrons. The molecular formula is C15H26N2O2. The third kappa shape index (κ3) is 6.05. The Balaban J connectivity index is 2.55. The quantitative estimate of drug-likeness (QED) is 0.632. The van der Waals surface area contributed by atoms with Crippen LogP contribution >= 0.6 is 0 Å². The van der Waals surface area contributed by atoms with Crippen LogP contribution < -0.4 is 10.2 Å². The first-order chi connectivity index (χ1) is 9.31. The van der Waals surface area contributed by atoms with E-state index in [4.69, 9.17) is 9.84 Å². The van der Waals surface area contributed by atoms with E-state index in [0.29, 0.717) is 13.2 Å². The highest BCUT2D eigenvalue weighted by Crippen LogP contribution is 2.15. The number of ether oxygens (including phenoxy) is 1. The Labute approximate surface area is 116 Å². The van der Waals surface area contributed by atoms with Crippen LogP contribution in [0, 0.1) is 0 Å². The van der Waals surface area contributed by atoms with E-state index in [0.717, 1.165) is 31.7 Å². The first-order valence-electron chi connectivity index (χ1n) is 6.96. The van der Waals surface area contributed by atoms with E-state index in [1.807, 2.05) is 0 Å². The fourth-order valence-electron chi connectivity index (χ4n) is 1.93. The summed E-state index contributed by atoms with van der Waals surface area (Å²) in [7, 11) is 1.69. The third-order valence-electron chi connectivity index (χ3n) is 2.99. The molecule has 0 bridgehead atoms. The van der Waals surface area contributed by atoms with Gasteiger partial charge in [0, 0.05) is 32.4 Å². The molecule has 19 heavy (non-hydrogen) atoms. The summed E-state index contributed by atoms with van der Waals surface area (Å²) in [6.07, 6.45) is 1.15. The number of benzene rings is 1. The van der Waals surface area contributed by atoms with Gasteiger partial charge in [-0.1, -0.05) is 19.1 Å². The first-order valence-corrected chi connectivity index (χ1v) is 6.96. The van der Waals surface area contributed by atoms with Crippen LogP contribution in [0.15, 0.2) is 24.3 Å². The zero-order chi connectivity index (χ0) is 13.9. The van der Waals surface area contributed by atoms with Crippen LogP contribution in [-0.2, 0) is 11.3 Å². The maximum atomic E-state index is 9.10. The van der Waals surface area contributed by atoms with Crippen molar-refractivity contribution in [2.24, 2.45) is 0 Å². The van der Waals surface area contributed by atoms with Gasteiger partial charge in [-0.05, 0) is 30.7 Å². The van der Waals surface area contributed by atoms with Crippen molar-refractivity contribution in [3.05, 3.63) is 29.8 Å². The molecule has 0 heterocycles. The molecule has 1 aromatic rings. The molecule has 2 N–H and O–H groups in total. The maximum absolute atomic E-state index is 9.10. The van der Waals surface area contributed by atoms with Gasteiger partial charge in [0.25, 0.3) is 0 Å². The molecule has 0 amide bonds. The highest BCUT2D eigenvalue weighted by atomic mass is 16.5. The van der Waals surface area contributed by atoms with Crippen LogP contribution in [0.5, 0.6) is 0 Å². The standard InChI is InChI=1S/C15H26N2O2/c1-3-8-16-13-14-4-6-15(7-5-14)17(9-11-18)10-12-19-2/h4-7,16,18H,3,8-13H2,1-2H3. The fraction of sp³-hybridized carbons (Fsp3) is 0.600. The molecule has 1 aromatic carbocycles. The van der Waals surface area contributed by atoms with Gasteiger partial charge in [-0.15, -0.1) is 0 Å². The molecule has 0 fully saturated rings. The second kappa shape index (κ2) is 9.78. The van der Waals surface area contributed by atoms with Crippen LogP contribution in [0.3, 0.4) is 0 Å². The SMILES string of the molecule is CCCNCc1ccc(N(CCO)CCOC)cc1. The minimum atomic E-state index is 0.156. The number of methoxy groups -OCH3 is 1. The van der Waals surface area contributed by atoms with Crippen LogP contribution in [-0.4, -0.2) is 45.1 Å². The lowest BCUT2D eigenvalue weighted by atomic mass is 10.2. The first kappa shape index (κ1) is 16.0. The number of aliphatic hydroxyl groups excluding tert-OH is 1. The van der Waals surface area contributed by atoms with Gasteiger partial charge in [-0.3, -0.25) is 0 Å². The number of rotatable bonds is 10. The predicted molar refractivity (Wildman–Crippen MR) is 79.6 cm³/mol.